The predicted molar refractivity (Wildman–Crippen MR) is 80.5 cm³/mol. The minimum Gasteiger partial charge on any atom is -0.496 e. The van der Waals surface area contributed by atoms with Gasteiger partial charge in [0.05, 0.1) is 19.2 Å². The average molecular weight is 282 g/mol. The molecule has 0 bridgehead atoms. The summed E-state index contributed by atoms with van der Waals surface area (Å²) < 4.78 is 5.29. The van der Waals surface area contributed by atoms with Crippen LogP contribution in [0.25, 0.3) is 0 Å². The molecule has 106 valence electrons. The summed E-state index contributed by atoms with van der Waals surface area (Å²) in [6, 6.07) is 7.08. The molecule has 1 aromatic rings. The van der Waals surface area contributed by atoms with E-state index in [4.69, 9.17) is 10.5 Å². The van der Waals surface area contributed by atoms with Crippen LogP contribution < -0.4 is 15.8 Å². The second-order valence-electron chi connectivity index (χ2n) is 4.36. The lowest BCUT2D eigenvalue weighted by Gasteiger charge is -2.19. The quantitative estimate of drug-likeness (QED) is 0.802. The van der Waals surface area contributed by atoms with Crippen molar-refractivity contribution >= 4 is 17.7 Å². The summed E-state index contributed by atoms with van der Waals surface area (Å²) in [6.07, 6.45) is 2.69. The Kier molecular flexibility index (Phi) is 6.73. The minimum atomic E-state index is -0.454. The van der Waals surface area contributed by atoms with E-state index in [0.29, 0.717) is 6.42 Å². The lowest BCUT2D eigenvalue weighted by atomic mass is 10.1. The summed E-state index contributed by atoms with van der Waals surface area (Å²) in [5, 5.41) is 2.93. The topological polar surface area (TPSA) is 64.3 Å². The van der Waals surface area contributed by atoms with E-state index in [-0.39, 0.29) is 11.9 Å². The third-order valence-corrected chi connectivity index (χ3v) is 3.58. The molecule has 2 unspecified atom stereocenters. The number of methoxy groups -OCH3 is 1. The van der Waals surface area contributed by atoms with Gasteiger partial charge in [0, 0.05) is 5.56 Å². The molecule has 5 heteroatoms. The second kappa shape index (κ2) is 8.07. The minimum absolute atomic E-state index is 0.118. The van der Waals surface area contributed by atoms with Crippen LogP contribution in [-0.2, 0) is 4.79 Å². The number of nitrogens with one attached hydrogen (secondary N) is 1. The molecule has 1 rings (SSSR count). The van der Waals surface area contributed by atoms with E-state index in [2.05, 4.69) is 5.32 Å². The highest BCUT2D eigenvalue weighted by atomic mass is 32.2. The van der Waals surface area contributed by atoms with E-state index in [1.165, 1.54) is 0 Å². The van der Waals surface area contributed by atoms with Crippen molar-refractivity contribution in [1.82, 2.24) is 5.32 Å². The van der Waals surface area contributed by atoms with Crippen LogP contribution in [0.5, 0.6) is 5.75 Å². The van der Waals surface area contributed by atoms with Crippen molar-refractivity contribution in [2.45, 2.75) is 25.4 Å². The van der Waals surface area contributed by atoms with Crippen molar-refractivity contribution in [2.24, 2.45) is 5.73 Å². The zero-order chi connectivity index (χ0) is 14.3. The molecular formula is C14H22N2O2S. The van der Waals surface area contributed by atoms with Gasteiger partial charge in [-0.25, -0.2) is 0 Å². The molecular weight excluding hydrogens is 260 g/mol. The molecule has 0 saturated carbocycles. The van der Waals surface area contributed by atoms with Crippen molar-refractivity contribution in [3.63, 3.8) is 0 Å². The first-order chi connectivity index (χ1) is 9.10. The SMILES string of the molecule is COc1ccccc1C(C)NC(=O)C(N)CCSC. The van der Waals surface area contributed by atoms with Crippen LogP contribution in [0.2, 0.25) is 0 Å². The third-order valence-electron chi connectivity index (χ3n) is 2.93. The molecule has 0 aliphatic rings. The van der Waals surface area contributed by atoms with Gasteiger partial charge in [-0.1, -0.05) is 18.2 Å². The van der Waals surface area contributed by atoms with Gasteiger partial charge in [-0.2, -0.15) is 11.8 Å². The first-order valence-electron chi connectivity index (χ1n) is 6.28. The molecule has 0 spiro atoms. The number of hydrogen-bond acceptors (Lipinski definition) is 4. The van der Waals surface area contributed by atoms with Crippen LogP contribution >= 0.6 is 11.8 Å². The first-order valence-corrected chi connectivity index (χ1v) is 7.67. The normalized spacial score (nSPS) is 13.7. The highest BCUT2D eigenvalue weighted by Crippen LogP contribution is 2.24. The largest absolute Gasteiger partial charge is 0.496 e. The number of benzene rings is 1. The lowest BCUT2D eigenvalue weighted by Crippen LogP contribution is -2.42. The second-order valence-corrected chi connectivity index (χ2v) is 5.35. The number of ether oxygens (including phenoxy) is 1. The van der Waals surface area contributed by atoms with E-state index < -0.39 is 6.04 Å². The lowest BCUT2D eigenvalue weighted by molar-refractivity contribution is -0.123. The van der Waals surface area contributed by atoms with Crippen LogP contribution in [0.3, 0.4) is 0 Å². The highest BCUT2D eigenvalue weighted by Gasteiger charge is 2.18. The molecule has 3 N–H and O–H groups in total. The van der Waals surface area contributed by atoms with Gasteiger partial charge in [0.15, 0.2) is 0 Å². The molecule has 0 fully saturated rings. The van der Waals surface area contributed by atoms with Crippen molar-refractivity contribution < 1.29 is 9.53 Å². The van der Waals surface area contributed by atoms with Gasteiger partial charge in [-0.15, -0.1) is 0 Å². The predicted octanol–water partition coefficient (Wildman–Crippen LogP) is 1.95. The molecule has 0 aliphatic heterocycles. The zero-order valence-corrected chi connectivity index (χ0v) is 12.5. The van der Waals surface area contributed by atoms with Gasteiger partial charge in [0.2, 0.25) is 5.91 Å². The Labute approximate surface area is 119 Å². The molecule has 0 aliphatic carbocycles. The first kappa shape index (κ1) is 15.9. The van der Waals surface area contributed by atoms with Crippen molar-refractivity contribution in [2.75, 3.05) is 19.1 Å². The number of carbonyl (C=O) groups excluding carboxylic acids is 1. The molecule has 1 amide bonds. The molecule has 0 aromatic heterocycles. The summed E-state index contributed by atoms with van der Waals surface area (Å²) in [5.74, 6) is 1.54. The fourth-order valence-electron chi connectivity index (χ4n) is 1.80. The summed E-state index contributed by atoms with van der Waals surface area (Å²) in [7, 11) is 1.62. The third kappa shape index (κ3) is 4.76. The standard InChI is InChI=1S/C14H22N2O2S/c1-10(11-6-4-5-7-13(11)18-2)16-14(17)12(15)8-9-19-3/h4-7,10,12H,8-9,15H2,1-3H3,(H,16,17). The summed E-state index contributed by atoms with van der Waals surface area (Å²) in [6.45, 7) is 1.93. The van der Waals surface area contributed by atoms with Crippen molar-refractivity contribution in [3.05, 3.63) is 29.8 Å². The number of thioether (sulfide) groups is 1. The van der Waals surface area contributed by atoms with E-state index in [1.807, 2.05) is 37.4 Å². The van der Waals surface area contributed by atoms with Crippen LogP contribution in [-0.4, -0.2) is 31.1 Å². The average Bonchev–Trinajstić information content (AvgIpc) is 2.44. The summed E-state index contributed by atoms with van der Waals surface area (Å²) >= 11 is 1.69. The maximum atomic E-state index is 11.9. The molecule has 2 atom stereocenters. The van der Waals surface area contributed by atoms with E-state index in [9.17, 15) is 4.79 Å². The molecule has 0 saturated heterocycles. The Morgan fingerprint density at radius 2 is 2.16 bits per heavy atom. The number of hydrogen-bond donors (Lipinski definition) is 2. The molecule has 19 heavy (non-hydrogen) atoms. The van der Waals surface area contributed by atoms with Gasteiger partial charge in [0.25, 0.3) is 0 Å². The van der Waals surface area contributed by atoms with Crippen LogP contribution in [0, 0.1) is 0 Å². The van der Waals surface area contributed by atoms with E-state index in [1.54, 1.807) is 18.9 Å². The van der Waals surface area contributed by atoms with Crippen molar-refractivity contribution in [1.29, 1.82) is 0 Å². The Morgan fingerprint density at radius 1 is 1.47 bits per heavy atom. The number of para-hydroxylation sites is 1. The van der Waals surface area contributed by atoms with Crippen LogP contribution in [0.4, 0.5) is 0 Å². The Hall–Kier alpha value is -1.20. The van der Waals surface area contributed by atoms with Gasteiger partial charge >= 0.3 is 0 Å². The number of rotatable bonds is 7. The van der Waals surface area contributed by atoms with Gasteiger partial charge in [-0.05, 0) is 31.4 Å². The van der Waals surface area contributed by atoms with E-state index in [0.717, 1.165) is 17.1 Å². The number of amides is 1. The summed E-state index contributed by atoms with van der Waals surface area (Å²) in [4.78, 5) is 11.9. The van der Waals surface area contributed by atoms with Crippen molar-refractivity contribution in [3.8, 4) is 5.75 Å². The summed E-state index contributed by atoms with van der Waals surface area (Å²) in [5.41, 5.74) is 6.80. The zero-order valence-electron chi connectivity index (χ0n) is 11.7. The Bertz CT molecular complexity index is 412. The molecule has 0 radical (unpaired) electrons. The van der Waals surface area contributed by atoms with Gasteiger partial charge in [0.1, 0.15) is 5.75 Å². The fraction of sp³-hybridized carbons (Fsp3) is 0.500. The van der Waals surface area contributed by atoms with Crippen LogP contribution in [0.1, 0.15) is 24.9 Å². The maximum absolute atomic E-state index is 11.9. The highest BCUT2D eigenvalue weighted by molar-refractivity contribution is 7.98. The van der Waals surface area contributed by atoms with Crippen LogP contribution in [0.15, 0.2) is 24.3 Å². The smallest absolute Gasteiger partial charge is 0.237 e. The van der Waals surface area contributed by atoms with Gasteiger partial charge in [-0.3, -0.25) is 4.79 Å². The Balaban J connectivity index is 2.63. The monoisotopic (exact) mass is 282 g/mol. The number of nitrogens with two attached hydrogens (primary N) is 1. The maximum Gasteiger partial charge on any atom is 0.237 e. The van der Waals surface area contributed by atoms with Gasteiger partial charge < -0.3 is 15.8 Å². The Morgan fingerprint density at radius 3 is 2.79 bits per heavy atom. The fourth-order valence-corrected chi connectivity index (χ4v) is 2.29. The molecule has 4 nitrogen and oxygen atoms in total. The molecule has 0 heterocycles. The number of carbonyl (C=O) groups is 1. The van der Waals surface area contributed by atoms with E-state index >= 15 is 0 Å². The molecule has 1 aromatic carbocycles.